The highest BCUT2D eigenvalue weighted by Gasteiger charge is 1.57. The molecular formula is C6H6. The van der Waals surface area contributed by atoms with Crippen molar-refractivity contribution in [3.8, 4) is 0 Å². The summed E-state index contributed by atoms with van der Waals surface area (Å²) in [6.45, 7) is 0. The molecule has 0 heteroatoms. The Hall–Kier alpha value is -0.780. The van der Waals surface area contributed by atoms with Gasteiger partial charge in [0.05, 0.1) is 0 Å². The van der Waals surface area contributed by atoms with E-state index >= 15 is 0 Å². The highest BCUT2D eigenvalue weighted by Crippen LogP contribution is 1.79. The molecule has 0 spiro atoms. The SMILES string of the molecule is c1cc[11cH]cc1. The van der Waals surface area contributed by atoms with Crippen molar-refractivity contribution in [2.24, 2.45) is 0 Å². The van der Waals surface area contributed by atoms with Crippen molar-refractivity contribution >= 4 is 0 Å². The summed E-state index contributed by atoms with van der Waals surface area (Å²) < 4.78 is 0. The zero-order valence-electron chi connectivity index (χ0n) is 3.46. The van der Waals surface area contributed by atoms with Gasteiger partial charge in [-0.3, -0.25) is 0 Å². The third-order valence-corrected chi connectivity index (χ3v) is 0.667. The van der Waals surface area contributed by atoms with Crippen LogP contribution in [0, 0.1) is 0 Å². The van der Waals surface area contributed by atoms with Crippen molar-refractivity contribution in [3.05, 3.63) is 36.4 Å². The lowest BCUT2D eigenvalue weighted by atomic mass is 10.1. The van der Waals surface area contributed by atoms with Gasteiger partial charge in [-0.25, -0.2) is 0 Å². The van der Waals surface area contributed by atoms with Crippen molar-refractivity contribution in [1.82, 2.24) is 0 Å². The molecule has 0 nitrogen and oxygen atoms in total. The monoisotopic (exact) mass is 77.1 g/mol. The van der Waals surface area contributed by atoms with Gasteiger partial charge in [-0.05, 0) is 0 Å². The Morgan fingerprint density at radius 3 is 0.667 bits per heavy atom. The first-order valence-corrected chi connectivity index (χ1v) is 2.00. The van der Waals surface area contributed by atoms with Gasteiger partial charge in [-0.15, -0.1) is 0 Å². The Labute approximate surface area is 37.4 Å². The first-order chi connectivity index (χ1) is 3.00. The third kappa shape index (κ3) is 0.582. The van der Waals surface area contributed by atoms with Crippen molar-refractivity contribution < 1.29 is 0 Å². The van der Waals surface area contributed by atoms with Gasteiger partial charge in [0.15, 0.2) is 0 Å². The second-order valence-electron chi connectivity index (χ2n) is 1.15. The van der Waals surface area contributed by atoms with E-state index in [0.29, 0.717) is 0 Å². The maximum Gasteiger partial charge on any atom is -0.0623 e. The van der Waals surface area contributed by atoms with Crippen LogP contribution in [0.15, 0.2) is 36.4 Å². The number of benzene rings is 1. The predicted octanol–water partition coefficient (Wildman–Crippen LogP) is 1.69. The molecule has 1 aromatic rings. The third-order valence-electron chi connectivity index (χ3n) is 0.667. The Balaban J connectivity index is 3.00. The summed E-state index contributed by atoms with van der Waals surface area (Å²) in [5, 5.41) is 0. The number of hydrogen-bond donors (Lipinski definition) is 0. The Bertz CT molecular complexity index is 72.0. The lowest BCUT2D eigenvalue weighted by Crippen LogP contribution is -1.47. The summed E-state index contributed by atoms with van der Waals surface area (Å²) in [5.41, 5.74) is 0. The van der Waals surface area contributed by atoms with E-state index in [-0.39, 0.29) is 0 Å². The summed E-state index contributed by atoms with van der Waals surface area (Å²) in [7, 11) is 0. The van der Waals surface area contributed by atoms with Crippen molar-refractivity contribution in [3.63, 3.8) is 0 Å². The largest absolute Gasteiger partial charge is 0.0623 e. The fourth-order valence-corrected chi connectivity index (χ4v) is 0.385. The molecule has 0 aliphatic carbocycles. The maximum absolute atomic E-state index is 2.00. The van der Waals surface area contributed by atoms with Crippen LogP contribution in [0.3, 0.4) is 0 Å². The van der Waals surface area contributed by atoms with Crippen LogP contribution in [0.1, 0.15) is 0 Å². The maximum atomic E-state index is 2.00. The van der Waals surface area contributed by atoms with E-state index in [1.165, 1.54) is 0 Å². The highest BCUT2D eigenvalue weighted by atomic mass is 13.5. The number of rotatable bonds is 0. The van der Waals surface area contributed by atoms with Gasteiger partial charge in [0.2, 0.25) is 0 Å². The fraction of sp³-hybridized carbons (Fsp3) is 0. The van der Waals surface area contributed by atoms with E-state index in [1.54, 1.807) is 0 Å². The van der Waals surface area contributed by atoms with Crippen LogP contribution >= 0.6 is 0 Å². The molecule has 0 fully saturated rings. The van der Waals surface area contributed by atoms with E-state index in [4.69, 9.17) is 0 Å². The predicted molar refractivity (Wildman–Crippen MR) is 26.4 cm³/mol. The van der Waals surface area contributed by atoms with Crippen LogP contribution < -0.4 is 0 Å². The van der Waals surface area contributed by atoms with Gasteiger partial charge in [0.25, 0.3) is 0 Å². The van der Waals surface area contributed by atoms with E-state index in [2.05, 4.69) is 0 Å². The van der Waals surface area contributed by atoms with Gasteiger partial charge in [0.1, 0.15) is 0 Å². The average molecular weight is 77.1 g/mol. The first-order valence-electron chi connectivity index (χ1n) is 2.00. The molecule has 0 aliphatic heterocycles. The van der Waals surface area contributed by atoms with Gasteiger partial charge < -0.3 is 0 Å². The molecular weight excluding hydrogens is 71.1 g/mol. The van der Waals surface area contributed by atoms with Gasteiger partial charge in [-0.2, -0.15) is 0 Å². The van der Waals surface area contributed by atoms with E-state index in [1.807, 2.05) is 36.4 Å². The summed E-state index contributed by atoms with van der Waals surface area (Å²) in [5.74, 6) is 0. The normalized spacial score (nSPS) is 8.00. The molecule has 0 saturated heterocycles. The Morgan fingerprint density at radius 2 is 0.500 bits per heavy atom. The summed E-state index contributed by atoms with van der Waals surface area (Å²) >= 11 is 0. The van der Waals surface area contributed by atoms with Crippen molar-refractivity contribution in [2.45, 2.75) is 0 Å². The first kappa shape index (κ1) is 3.41. The molecule has 0 unspecified atom stereocenters. The molecule has 6 heavy (non-hydrogen) atoms. The Kier molecular flexibility index (Phi) is 0.913. The quantitative estimate of drug-likeness (QED) is 0.442. The molecule has 0 saturated carbocycles. The van der Waals surface area contributed by atoms with Crippen LogP contribution in [-0.4, -0.2) is 0 Å². The van der Waals surface area contributed by atoms with Crippen LogP contribution in [0.25, 0.3) is 0 Å². The minimum atomic E-state index is 2.00. The standard InChI is InChI=1S/C6H6/c1-2-4-6-5-3-1/h1-6H/i1-1. The number of hydrogen-bond acceptors (Lipinski definition) is 0. The topological polar surface area (TPSA) is 0 Å². The van der Waals surface area contributed by atoms with E-state index < -0.39 is 0 Å². The van der Waals surface area contributed by atoms with Crippen molar-refractivity contribution in [2.75, 3.05) is 0 Å². The molecule has 0 bridgehead atoms. The smallest absolute Gasteiger partial charge is 0.0623 e. The molecule has 0 heterocycles. The lowest BCUT2D eigenvalue weighted by molar-refractivity contribution is 1.72. The molecule has 0 radical (unpaired) electrons. The van der Waals surface area contributed by atoms with E-state index in [9.17, 15) is 0 Å². The molecule has 0 aliphatic rings. The van der Waals surface area contributed by atoms with Gasteiger partial charge >= 0.3 is 0 Å². The molecule has 1 aromatic carbocycles. The molecule has 1 rings (SSSR count). The molecule has 0 amide bonds. The lowest BCUT2D eigenvalue weighted by Gasteiger charge is -1.69. The highest BCUT2D eigenvalue weighted by molar-refractivity contribution is 4.99. The second-order valence-corrected chi connectivity index (χ2v) is 1.15. The van der Waals surface area contributed by atoms with Crippen LogP contribution in [0.4, 0.5) is 0 Å². The van der Waals surface area contributed by atoms with Crippen molar-refractivity contribution in [1.29, 1.82) is 0 Å². The average Bonchev–Trinajstić information content (AvgIpc) is 1.72. The summed E-state index contributed by atoms with van der Waals surface area (Å²) in [6.07, 6.45) is 0. The van der Waals surface area contributed by atoms with E-state index in [0.717, 1.165) is 0 Å². The van der Waals surface area contributed by atoms with Gasteiger partial charge in [-0.1, -0.05) is 36.4 Å². The molecule has 30 valence electrons. The van der Waals surface area contributed by atoms with Crippen LogP contribution in [0.2, 0.25) is 0 Å². The van der Waals surface area contributed by atoms with Gasteiger partial charge in [0, 0.05) is 0 Å². The summed E-state index contributed by atoms with van der Waals surface area (Å²) in [4.78, 5) is 0. The summed E-state index contributed by atoms with van der Waals surface area (Å²) in [6, 6.07) is 12.0. The van der Waals surface area contributed by atoms with Crippen LogP contribution in [0.5, 0.6) is 0 Å². The minimum Gasteiger partial charge on any atom is -0.0623 e. The molecule has 0 atom stereocenters. The minimum absolute atomic E-state index is 2.00. The molecule has 0 aromatic heterocycles. The molecule has 0 N–H and O–H groups in total. The Morgan fingerprint density at radius 1 is 0.333 bits per heavy atom. The fourth-order valence-electron chi connectivity index (χ4n) is 0.385. The zero-order valence-corrected chi connectivity index (χ0v) is 3.46. The zero-order chi connectivity index (χ0) is 4.24. The second kappa shape index (κ2) is 1.61. The van der Waals surface area contributed by atoms with Crippen LogP contribution in [-0.2, 0) is 0 Å².